The molecular weight excluding hydrogens is 279 g/mol. The van der Waals surface area contributed by atoms with Crippen LogP contribution in [-0.4, -0.2) is 20.0 Å². The normalized spacial score (nSPS) is 11.3. The molecule has 5 heteroatoms. The standard InChI is InChI=1S/C15H13FO3S/c1-11-5-7-14(8-6-11)20(18,19)10-15(17)12-3-2-4-13(16)9-12/h2-9H,10H2,1H3. The minimum absolute atomic E-state index is 0.0562. The Bertz CT molecular complexity index is 734. The Kier molecular flexibility index (Phi) is 3.99. The Labute approximate surface area is 117 Å². The lowest BCUT2D eigenvalue weighted by Crippen LogP contribution is -2.16. The highest BCUT2D eigenvalue weighted by Gasteiger charge is 2.20. The molecule has 2 aromatic carbocycles. The van der Waals surface area contributed by atoms with Crippen LogP contribution < -0.4 is 0 Å². The van der Waals surface area contributed by atoms with Crippen LogP contribution in [0.5, 0.6) is 0 Å². The average molecular weight is 292 g/mol. The van der Waals surface area contributed by atoms with Crippen LogP contribution in [0, 0.1) is 12.7 Å². The van der Waals surface area contributed by atoms with E-state index in [0.29, 0.717) is 0 Å². The SMILES string of the molecule is Cc1ccc(S(=O)(=O)CC(=O)c2cccc(F)c2)cc1. The molecule has 0 aliphatic carbocycles. The van der Waals surface area contributed by atoms with Crippen LogP contribution in [0.15, 0.2) is 53.4 Å². The summed E-state index contributed by atoms with van der Waals surface area (Å²) in [5, 5.41) is 0. The first-order valence-electron chi connectivity index (χ1n) is 5.97. The molecule has 0 atom stereocenters. The number of ketones is 1. The van der Waals surface area contributed by atoms with Gasteiger partial charge in [0.05, 0.1) is 4.90 Å². The molecule has 0 unspecified atom stereocenters. The molecule has 0 heterocycles. The molecule has 0 spiro atoms. The van der Waals surface area contributed by atoms with E-state index in [1.165, 1.54) is 30.3 Å². The highest BCUT2D eigenvalue weighted by atomic mass is 32.2. The largest absolute Gasteiger partial charge is 0.293 e. The number of hydrogen-bond acceptors (Lipinski definition) is 3. The lowest BCUT2D eigenvalue weighted by atomic mass is 10.1. The van der Waals surface area contributed by atoms with Gasteiger partial charge in [-0.05, 0) is 31.2 Å². The zero-order chi connectivity index (χ0) is 14.8. The Morgan fingerprint density at radius 3 is 2.35 bits per heavy atom. The molecule has 0 aliphatic heterocycles. The van der Waals surface area contributed by atoms with Gasteiger partial charge in [0.2, 0.25) is 0 Å². The fraction of sp³-hybridized carbons (Fsp3) is 0.133. The zero-order valence-electron chi connectivity index (χ0n) is 10.8. The van der Waals surface area contributed by atoms with Gasteiger partial charge in [-0.1, -0.05) is 29.8 Å². The van der Waals surface area contributed by atoms with Crippen LogP contribution in [0.2, 0.25) is 0 Å². The fourth-order valence-corrected chi connectivity index (χ4v) is 2.98. The number of rotatable bonds is 4. The highest BCUT2D eigenvalue weighted by Crippen LogP contribution is 2.14. The second kappa shape index (κ2) is 5.54. The number of sulfone groups is 1. The topological polar surface area (TPSA) is 51.2 Å². The molecule has 0 saturated carbocycles. The monoisotopic (exact) mass is 292 g/mol. The van der Waals surface area contributed by atoms with Gasteiger partial charge in [0.25, 0.3) is 0 Å². The van der Waals surface area contributed by atoms with Crippen LogP contribution in [0.3, 0.4) is 0 Å². The van der Waals surface area contributed by atoms with Crippen LogP contribution >= 0.6 is 0 Å². The summed E-state index contributed by atoms with van der Waals surface area (Å²) in [6, 6.07) is 11.3. The van der Waals surface area contributed by atoms with E-state index in [1.54, 1.807) is 12.1 Å². The van der Waals surface area contributed by atoms with E-state index in [0.717, 1.165) is 11.6 Å². The number of hydrogen-bond donors (Lipinski definition) is 0. The van der Waals surface area contributed by atoms with Gasteiger partial charge in [0, 0.05) is 5.56 Å². The summed E-state index contributed by atoms with van der Waals surface area (Å²) < 4.78 is 37.2. The average Bonchev–Trinajstić information content (AvgIpc) is 2.38. The molecule has 2 aromatic rings. The first-order valence-corrected chi connectivity index (χ1v) is 7.62. The van der Waals surface area contributed by atoms with Crippen molar-refractivity contribution in [1.29, 1.82) is 0 Å². The van der Waals surface area contributed by atoms with Crippen molar-refractivity contribution in [3.8, 4) is 0 Å². The third-order valence-electron chi connectivity index (χ3n) is 2.85. The molecule has 0 radical (unpaired) electrons. The van der Waals surface area contributed by atoms with Gasteiger partial charge in [-0.2, -0.15) is 0 Å². The van der Waals surface area contributed by atoms with E-state index in [9.17, 15) is 17.6 Å². The quantitative estimate of drug-likeness (QED) is 0.814. The van der Waals surface area contributed by atoms with Gasteiger partial charge in [-0.15, -0.1) is 0 Å². The summed E-state index contributed by atoms with van der Waals surface area (Å²) >= 11 is 0. The van der Waals surface area contributed by atoms with Crippen molar-refractivity contribution in [3.63, 3.8) is 0 Å². The molecule has 0 fully saturated rings. The van der Waals surface area contributed by atoms with Crippen molar-refractivity contribution in [2.45, 2.75) is 11.8 Å². The first-order chi connectivity index (χ1) is 9.38. The smallest absolute Gasteiger partial charge is 0.185 e. The van der Waals surface area contributed by atoms with Crippen molar-refractivity contribution in [2.75, 3.05) is 5.75 Å². The maximum Gasteiger partial charge on any atom is 0.185 e. The minimum atomic E-state index is -3.71. The van der Waals surface area contributed by atoms with Crippen LogP contribution in [0.25, 0.3) is 0 Å². The van der Waals surface area contributed by atoms with Gasteiger partial charge in [0.15, 0.2) is 15.6 Å². The molecule has 2 rings (SSSR count). The molecular formula is C15H13FO3S. The summed E-state index contributed by atoms with van der Waals surface area (Å²) in [7, 11) is -3.71. The number of halogens is 1. The summed E-state index contributed by atoms with van der Waals surface area (Å²) in [5.41, 5.74) is 0.987. The van der Waals surface area contributed by atoms with Gasteiger partial charge in [-0.3, -0.25) is 4.79 Å². The van der Waals surface area contributed by atoms with E-state index >= 15 is 0 Å². The zero-order valence-corrected chi connectivity index (χ0v) is 11.7. The number of benzene rings is 2. The van der Waals surface area contributed by atoms with Crippen LogP contribution in [0.4, 0.5) is 4.39 Å². The van der Waals surface area contributed by atoms with Gasteiger partial charge < -0.3 is 0 Å². The summed E-state index contributed by atoms with van der Waals surface area (Å²) in [6.07, 6.45) is 0. The van der Waals surface area contributed by atoms with Gasteiger partial charge in [-0.25, -0.2) is 12.8 Å². The van der Waals surface area contributed by atoms with Gasteiger partial charge in [0.1, 0.15) is 11.6 Å². The molecule has 20 heavy (non-hydrogen) atoms. The summed E-state index contributed by atoms with van der Waals surface area (Å²) in [5.74, 6) is -1.85. The number of Topliss-reactive ketones (excluding diaryl/α,β-unsaturated/α-hetero) is 1. The predicted octanol–water partition coefficient (Wildman–Crippen LogP) is 2.79. The van der Waals surface area contributed by atoms with Crippen LogP contribution in [-0.2, 0) is 9.84 Å². The summed E-state index contributed by atoms with van der Waals surface area (Å²) in [4.78, 5) is 12.0. The second-order valence-corrected chi connectivity index (χ2v) is 6.50. The van der Waals surface area contributed by atoms with E-state index in [2.05, 4.69) is 0 Å². The second-order valence-electron chi connectivity index (χ2n) is 4.51. The number of carbonyl (C=O) groups is 1. The molecule has 0 bridgehead atoms. The summed E-state index contributed by atoms with van der Waals surface area (Å²) in [6.45, 7) is 1.84. The molecule has 0 amide bonds. The van der Waals surface area contributed by atoms with Crippen molar-refractivity contribution < 1.29 is 17.6 Å². The van der Waals surface area contributed by atoms with Crippen molar-refractivity contribution in [3.05, 3.63) is 65.5 Å². The molecule has 0 N–H and O–H groups in total. The fourth-order valence-electron chi connectivity index (χ4n) is 1.75. The van der Waals surface area contributed by atoms with Gasteiger partial charge >= 0.3 is 0 Å². The molecule has 0 saturated heterocycles. The molecule has 0 aromatic heterocycles. The van der Waals surface area contributed by atoms with Crippen molar-refractivity contribution in [1.82, 2.24) is 0 Å². The Balaban J connectivity index is 2.24. The predicted molar refractivity (Wildman–Crippen MR) is 74.0 cm³/mol. The van der Waals surface area contributed by atoms with Crippen molar-refractivity contribution >= 4 is 15.6 Å². The third-order valence-corrected chi connectivity index (χ3v) is 4.48. The number of carbonyl (C=O) groups excluding carboxylic acids is 1. The third kappa shape index (κ3) is 3.30. The Morgan fingerprint density at radius 2 is 1.75 bits per heavy atom. The lowest BCUT2D eigenvalue weighted by molar-refractivity contribution is 0.102. The first kappa shape index (κ1) is 14.4. The maximum atomic E-state index is 13.0. The van der Waals surface area contributed by atoms with Crippen LogP contribution in [0.1, 0.15) is 15.9 Å². The van der Waals surface area contributed by atoms with Crippen molar-refractivity contribution in [2.24, 2.45) is 0 Å². The van der Waals surface area contributed by atoms with E-state index < -0.39 is 27.2 Å². The highest BCUT2D eigenvalue weighted by molar-refractivity contribution is 7.92. The maximum absolute atomic E-state index is 13.0. The Hall–Kier alpha value is -2.01. The molecule has 104 valence electrons. The minimum Gasteiger partial charge on any atom is -0.293 e. The van der Waals surface area contributed by atoms with E-state index in [4.69, 9.17) is 0 Å². The Morgan fingerprint density at radius 1 is 1.10 bits per heavy atom. The number of aryl methyl sites for hydroxylation is 1. The molecule has 0 aliphatic rings. The lowest BCUT2D eigenvalue weighted by Gasteiger charge is -2.05. The van der Waals surface area contributed by atoms with E-state index in [-0.39, 0.29) is 10.5 Å². The van der Waals surface area contributed by atoms with E-state index in [1.807, 2.05) is 6.92 Å². The molecule has 3 nitrogen and oxygen atoms in total.